The van der Waals surface area contributed by atoms with E-state index < -0.39 is 0 Å². The Bertz CT molecular complexity index is 500. The van der Waals surface area contributed by atoms with Gasteiger partial charge in [-0.2, -0.15) is 0 Å². The van der Waals surface area contributed by atoms with E-state index in [1.807, 2.05) is 0 Å². The highest BCUT2D eigenvalue weighted by Crippen LogP contribution is 2.76. The Hall–Kier alpha value is -0.440. The van der Waals surface area contributed by atoms with Gasteiger partial charge in [-0.05, 0) is 117 Å². The van der Waals surface area contributed by atoms with E-state index in [0.717, 1.165) is 35.5 Å². The smallest absolute Gasteiger partial charge is 0.0290 e. The molecule has 0 aromatic heterocycles. The lowest BCUT2D eigenvalue weighted by Crippen LogP contribution is -2.64. The Morgan fingerprint density at radius 2 is 1.09 bits per heavy atom. The summed E-state index contributed by atoms with van der Waals surface area (Å²) in [4.78, 5) is 0. The lowest BCUT2D eigenvalue weighted by Gasteiger charge is -2.72. The van der Waals surface area contributed by atoms with E-state index in [9.17, 15) is 0 Å². The average Bonchev–Trinajstić information content (AvgIpc) is 2.45. The predicted octanol–water partition coefficient (Wildman–Crippen LogP) is 5.28. The molecule has 0 nitrogen and oxygen atoms in total. The van der Waals surface area contributed by atoms with Crippen molar-refractivity contribution >= 4 is 0 Å². The van der Waals surface area contributed by atoms with Crippen LogP contribution in [0.1, 0.15) is 70.6 Å². The van der Waals surface area contributed by atoms with E-state index in [1.54, 1.807) is 44.9 Å². The standard InChI is InChI=1S/C22H30/c1-2-20-19-7-17-6-18(8-19)13-22(20,12-17)21-9-14-3-15(10-21)5-16(4-14)11-21/h1,14-20H,3-13H2. The first kappa shape index (κ1) is 12.9. The minimum Gasteiger partial charge on any atom is -0.120 e. The van der Waals surface area contributed by atoms with Crippen LogP contribution >= 0.6 is 0 Å². The Labute approximate surface area is 135 Å². The first-order valence-electron chi connectivity index (χ1n) is 10.2. The Morgan fingerprint density at radius 1 is 0.636 bits per heavy atom. The minimum absolute atomic E-state index is 0.590. The normalized spacial score (nSPS) is 64.0. The van der Waals surface area contributed by atoms with E-state index >= 15 is 0 Å². The maximum absolute atomic E-state index is 6.21. The van der Waals surface area contributed by atoms with Crippen molar-refractivity contribution < 1.29 is 0 Å². The Balaban J connectivity index is 1.49. The highest BCUT2D eigenvalue weighted by molar-refractivity contribution is 5.22. The molecule has 118 valence electrons. The van der Waals surface area contributed by atoms with Crippen LogP contribution in [0.4, 0.5) is 0 Å². The summed E-state index contributed by atoms with van der Waals surface area (Å²) in [7, 11) is 0. The Morgan fingerprint density at radius 3 is 1.55 bits per heavy atom. The van der Waals surface area contributed by atoms with Crippen LogP contribution in [0.25, 0.3) is 0 Å². The van der Waals surface area contributed by atoms with Gasteiger partial charge < -0.3 is 0 Å². The van der Waals surface area contributed by atoms with Gasteiger partial charge in [-0.25, -0.2) is 0 Å². The molecule has 0 heteroatoms. The zero-order valence-corrected chi connectivity index (χ0v) is 13.9. The fourth-order valence-corrected chi connectivity index (χ4v) is 9.82. The van der Waals surface area contributed by atoms with Crippen molar-refractivity contribution in [2.45, 2.75) is 70.6 Å². The average molecular weight is 294 g/mol. The molecule has 8 saturated carbocycles. The molecule has 22 heavy (non-hydrogen) atoms. The first-order valence-corrected chi connectivity index (χ1v) is 10.2. The maximum Gasteiger partial charge on any atom is 0.0290 e. The molecule has 0 aliphatic heterocycles. The molecule has 8 rings (SSSR count). The molecule has 8 fully saturated rings. The third-order valence-electron chi connectivity index (χ3n) is 9.59. The van der Waals surface area contributed by atoms with Gasteiger partial charge >= 0.3 is 0 Å². The summed E-state index contributed by atoms with van der Waals surface area (Å²) in [6.07, 6.45) is 23.2. The van der Waals surface area contributed by atoms with Crippen molar-refractivity contribution in [1.29, 1.82) is 0 Å². The summed E-state index contributed by atoms with van der Waals surface area (Å²) in [5.74, 6) is 10.3. The number of terminal acetylenes is 1. The fraction of sp³-hybridized carbons (Fsp3) is 0.909. The van der Waals surface area contributed by atoms with Crippen LogP contribution in [0.3, 0.4) is 0 Å². The quantitative estimate of drug-likeness (QED) is 0.577. The molecule has 0 amide bonds. The second kappa shape index (κ2) is 3.96. The minimum atomic E-state index is 0.590. The lowest BCUT2D eigenvalue weighted by atomic mass is 9.32. The molecular weight excluding hydrogens is 264 g/mol. The van der Waals surface area contributed by atoms with Crippen LogP contribution < -0.4 is 0 Å². The fourth-order valence-electron chi connectivity index (χ4n) is 9.82. The summed E-state index contributed by atoms with van der Waals surface area (Å²) < 4.78 is 0. The van der Waals surface area contributed by atoms with Crippen LogP contribution in [-0.4, -0.2) is 0 Å². The summed E-state index contributed by atoms with van der Waals surface area (Å²) in [6.45, 7) is 0. The first-order chi connectivity index (χ1) is 10.7. The SMILES string of the molecule is C#CC1C2CC3CC(C2)CC1(C12CC4CC(CC(C4)C1)C2)C3. The molecule has 0 saturated heterocycles. The molecule has 0 heterocycles. The monoisotopic (exact) mass is 294 g/mol. The molecule has 0 spiro atoms. The second-order valence-corrected chi connectivity index (χ2v) is 10.6. The van der Waals surface area contributed by atoms with Crippen molar-refractivity contribution in [3.8, 4) is 12.3 Å². The topological polar surface area (TPSA) is 0 Å². The van der Waals surface area contributed by atoms with Gasteiger partial charge in [0, 0.05) is 5.92 Å². The molecular formula is C22H30. The van der Waals surface area contributed by atoms with Gasteiger partial charge in [0.2, 0.25) is 0 Å². The molecule has 8 bridgehead atoms. The van der Waals surface area contributed by atoms with Crippen molar-refractivity contribution in [3.05, 3.63) is 0 Å². The lowest BCUT2D eigenvalue weighted by molar-refractivity contribution is -0.218. The third-order valence-corrected chi connectivity index (χ3v) is 9.59. The summed E-state index contributed by atoms with van der Waals surface area (Å²) in [6, 6.07) is 0. The van der Waals surface area contributed by atoms with E-state index in [4.69, 9.17) is 6.42 Å². The van der Waals surface area contributed by atoms with Crippen LogP contribution in [0.5, 0.6) is 0 Å². The van der Waals surface area contributed by atoms with E-state index in [0.29, 0.717) is 16.7 Å². The van der Waals surface area contributed by atoms with Crippen LogP contribution in [0.2, 0.25) is 0 Å². The van der Waals surface area contributed by atoms with Crippen LogP contribution in [0.15, 0.2) is 0 Å². The van der Waals surface area contributed by atoms with Gasteiger partial charge in [0.1, 0.15) is 0 Å². The number of hydrogen-bond acceptors (Lipinski definition) is 0. The van der Waals surface area contributed by atoms with Gasteiger partial charge in [-0.1, -0.05) is 0 Å². The molecule has 3 unspecified atom stereocenters. The highest BCUT2D eigenvalue weighted by atomic mass is 14.7. The number of hydrogen-bond donors (Lipinski definition) is 0. The zero-order valence-electron chi connectivity index (χ0n) is 13.9. The Kier molecular flexibility index (Phi) is 2.33. The molecule has 8 aliphatic carbocycles. The van der Waals surface area contributed by atoms with Crippen LogP contribution in [-0.2, 0) is 0 Å². The third kappa shape index (κ3) is 1.39. The molecule has 0 radical (unpaired) electrons. The maximum atomic E-state index is 6.21. The zero-order chi connectivity index (χ0) is 14.5. The largest absolute Gasteiger partial charge is 0.120 e. The predicted molar refractivity (Wildman–Crippen MR) is 88.9 cm³/mol. The molecule has 0 aromatic carbocycles. The van der Waals surface area contributed by atoms with Crippen molar-refractivity contribution in [1.82, 2.24) is 0 Å². The van der Waals surface area contributed by atoms with Gasteiger partial charge in [-0.3, -0.25) is 0 Å². The summed E-state index contributed by atoms with van der Waals surface area (Å²) in [5, 5.41) is 0. The molecule has 0 aromatic rings. The van der Waals surface area contributed by atoms with Gasteiger partial charge in [-0.15, -0.1) is 12.3 Å². The van der Waals surface area contributed by atoms with Crippen LogP contribution in [0, 0.1) is 64.6 Å². The van der Waals surface area contributed by atoms with Crippen molar-refractivity contribution in [2.75, 3.05) is 0 Å². The van der Waals surface area contributed by atoms with E-state index in [-0.39, 0.29) is 0 Å². The second-order valence-electron chi connectivity index (χ2n) is 10.6. The van der Waals surface area contributed by atoms with E-state index in [2.05, 4.69) is 5.92 Å². The number of rotatable bonds is 1. The van der Waals surface area contributed by atoms with Gasteiger partial charge in [0.05, 0.1) is 0 Å². The van der Waals surface area contributed by atoms with Crippen molar-refractivity contribution in [3.63, 3.8) is 0 Å². The van der Waals surface area contributed by atoms with Crippen molar-refractivity contribution in [2.24, 2.45) is 52.3 Å². The molecule has 3 atom stereocenters. The molecule has 8 aliphatic rings. The summed E-state index contributed by atoms with van der Waals surface area (Å²) >= 11 is 0. The van der Waals surface area contributed by atoms with E-state index in [1.165, 1.54) is 25.7 Å². The highest BCUT2D eigenvalue weighted by Gasteiger charge is 2.68. The summed E-state index contributed by atoms with van der Waals surface area (Å²) in [5.41, 5.74) is 1.28. The van der Waals surface area contributed by atoms with Gasteiger partial charge in [0.15, 0.2) is 0 Å². The van der Waals surface area contributed by atoms with Gasteiger partial charge in [0.25, 0.3) is 0 Å². The molecule has 0 N–H and O–H groups in total.